The molecule has 1 aliphatic heterocycles. The molecule has 1 fully saturated rings. The van der Waals surface area contributed by atoms with E-state index in [9.17, 15) is 14.7 Å². The van der Waals surface area contributed by atoms with E-state index in [1.54, 1.807) is 0 Å². The van der Waals surface area contributed by atoms with E-state index in [4.69, 9.17) is 4.74 Å². The number of nitrogens with one attached hydrogen (secondary N) is 1. The molecule has 1 rings (SSSR count). The third kappa shape index (κ3) is 5.59. The van der Waals surface area contributed by atoms with Crippen LogP contribution in [0.15, 0.2) is 0 Å². The molecule has 0 bridgehead atoms. The lowest BCUT2D eigenvalue weighted by atomic mass is 9.93. The largest absolute Gasteiger partial charge is 0.480 e. The summed E-state index contributed by atoms with van der Waals surface area (Å²) in [4.78, 5) is 23.1. The Labute approximate surface area is 114 Å². The number of hydrogen-bond donors (Lipinski definition) is 2. The first-order chi connectivity index (χ1) is 9.04. The predicted molar refractivity (Wildman–Crippen MR) is 71.8 cm³/mol. The summed E-state index contributed by atoms with van der Waals surface area (Å²) < 4.78 is 5.30. The van der Waals surface area contributed by atoms with Gasteiger partial charge < -0.3 is 15.2 Å². The number of rotatable bonds is 7. The van der Waals surface area contributed by atoms with Crippen LogP contribution in [0.2, 0.25) is 0 Å². The van der Waals surface area contributed by atoms with Crippen LogP contribution in [0, 0.1) is 11.8 Å². The first-order valence-electron chi connectivity index (χ1n) is 7.14. The Balaban J connectivity index is 2.48. The van der Waals surface area contributed by atoms with E-state index in [0.29, 0.717) is 25.6 Å². The highest BCUT2D eigenvalue weighted by atomic mass is 16.5. The number of ether oxygens (including phenoxy) is 1. The molecule has 0 saturated carbocycles. The Bertz CT molecular complexity index is 300. The van der Waals surface area contributed by atoms with E-state index in [2.05, 4.69) is 12.2 Å². The summed E-state index contributed by atoms with van der Waals surface area (Å²) in [7, 11) is 0. The second-order valence-electron chi connectivity index (χ2n) is 5.46. The van der Waals surface area contributed by atoms with Crippen molar-refractivity contribution in [2.24, 2.45) is 11.8 Å². The zero-order valence-corrected chi connectivity index (χ0v) is 11.9. The molecule has 0 radical (unpaired) electrons. The van der Waals surface area contributed by atoms with Crippen molar-refractivity contribution in [2.75, 3.05) is 13.2 Å². The Kier molecular flexibility index (Phi) is 6.84. The first-order valence-corrected chi connectivity index (χ1v) is 7.14. The maximum Gasteiger partial charge on any atom is 0.326 e. The molecule has 3 atom stereocenters. The van der Waals surface area contributed by atoms with E-state index >= 15 is 0 Å². The monoisotopic (exact) mass is 271 g/mol. The van der Waals surface area contributed by atoms with Crippen molar-refractivity contribution in [3.63, 3.8) is 0 Å². The third-order valence-corrected chi connectivity index (χ3v) is 3.56. The maximum atomic E-state index is 11.9. The van der Waals surface area contributed by atoms with Crippen LogP contribution in [-0.2, 0) is 14.3 Å². The molecule has 0 spiro atoms. The van der Waals surface area contributed by atoms with E-state index < -0.39 is 12.0 Å². The molecule has 3 unspecified atom stereocenters. The lowest BCUT2D eigenvalue weighted by molar-refractivity contribution is -0.145. The molecule has 0 aromatic heterocycles. The number of carboxylic acids is 1. The van der Waals surface area contributed by atoms with Crippen LogP contribution in [-0.4, -0.2) is 36.2 Å². The molecule has 1 saturated heterocycles. The zero-order valence-electron chi connectivity index (χ0n) is 11.9. The van der Waals surface area contributed by atoms with Crippen LogP contribution < -0.4 is 5.32 Å². The predicted octanol–water partition coefficient (Wildman–Crippen LogP) is 1.81. The van der Waals surface area contributed by atoms with Crippen LogP contribution in [0.1, 0.15) is 46.0 Å². The summed E-state index contributed by atoms with van der Waals surface area (Å²) in [6.45, 7) is 5.20. The van der Waals surface area contributed by atoms with Crippen molar-refractivity contribution in [3.05, 3.63) is 0 Å². The summed E-state index contributed by atoms with van der Waals surface area (Å²) in [6, 6.07) is -0.818. The number of carbonyl (C=O) groups is 2. The van der Waals surface area contributed by atoms with Gasteiger partial charge in [-0.25, -0.2) is 4.79 Å². The van der Waals surface area contributed by atoms with Crippen molar-refractivity contribution in [3.8, 4) is 0 Å². The Morgan fingerprint density at radius 1 is 1.47 bits per heavy atom. The normalized spacial score (nSPS) is 22.5. The van der Waals surface area contributed by atoms with Gasteiger partial charge in [0.15, 0.2) is 0 Å². The van der Waals surface area contributed by atoms with Crippen LogP contribution >= 0.6 is 0 Å². The Morgan fingerprint density at radius 3 is 2.74 bits per heavy atom. The lowest BCUT2D eigenvalue weighted by Crippen LogP contribution is -2.48. The van der Waals surface area contributed by atoms with Crippen LogP contribution in [0.4, 0.5) is 0 Å². The van der Waals surface area contributed by atoms with Gasteiger partial charge in [0.2, 0.25) is 5.91 Å². The molecule has 5 nitrogen and oxygen atoms in total. The molecule has 0 aliphatic carbocycles. The molecule has 0 aromatic rings. The van der Waals surface area contributed by atoms with Gasteiger partial charge in [0.05, 0.1) is 6.61 Å². The number of hydrogen-bond acceptors (Lipinski definition) is 3. The second-order valence-corrected chi connectivity index (χ2v) is 5.46. The molecule has 1 aliphatic rings. The fraction of sp³-hybridized carbons (Fsp3) is 0.857. The van der Waals surface area contributed by atoms with E-state index in [1.165, 1.54) is 0 Å². The highest BCUT2D eigenvalue weighted by Crippen LogP contribution is 2.18. The van der Waals surface area contributed by atoms with Gasteiger partial charge >= 0.3 is 5.97 Å². The first kappa shape index (κ1) is 16.0. The van der Waals surface area contributed by atoms with Gasteiger partial charge in [-0.3, -0.25) is 4.79 Å². The zero-order chi connectivity index (χ0) is 14.3. The molecular formula is C14H25NO4. The Hall–Kier alpha value is -1.10. The minimum atomic E-state index is -0.966. The molecule has 2 N–H and O–H groups in total. The van der Waals surface area contributed by atoms with E-state index in [0.717, 1.165) is 25.7 Å². The average Bonchev–Trinajstić information content (AvgIpc) is 2.37. The number of carbonyl (C=O) groups excluding carboxylic acids is 1. The smallest absolute Gasteiger partial charge is 0.326 e. The van der Waals surface area contributed by atoms with Crippen molar-refractivity contribution in [1.82, 2.24) is 5.32 Å². The van der Waals surface area contributed by atoms with Gasteiger partial charge in [-0.15, -0.1) is 0 Å². The summed E-state index contributed by atoms with van der Waals surface area (Å²) in [5.74, 6) is -0.954. The molecule has 5 heteroatoms. The minimum absolute atomic E-state index is 0.114. The molecule has 19 heavy (non-hydrogen) atoms. The van der Waals surface area contributed by atoms with Crippen molar-refractivity contribution in [1.29, 1.82) is 0 Å². The summed E-state index contributed by atoms with van der Waals surface area (Å²) >= 11 is 0. The van der Waals surface area contributed by atoms with Gasteiger partial charge in [-0.2, -0.15) is 0 Å². The SMILES string of the molecule is CCCC(C)CC(=O)NC(C(=O)O)C1CCCOC1. The van der Waals surface area contributed by atoms with Crippen molar-refractivity contribution >= 4 is 11.9 Å². The lowest BCUT2D eigenvalue weighted by Gasteiger charge is -2.28. The molecular weight excluding hydrogens is 246 g/mol. The molecule has 110 valence electrons. The summed E-state index contributed by atoms with van der Waals surface area (Å²) in [5.41, 5.74) is 0. The van der Waals surface area contributed by atoms with Crippen LogP contribution in [0.5, 0.6) is 0 Å². The standard InChI is InChI=1S/C14H25NO4/c1-3-5-10(2)8-12(16)15-13(14(17)18)11-6-4-7-19-9-11/h10-11,13H,3-9H2,1-2H3,(H,15,16)(H,17,18). The summed E-state index contributed by atoms with van der Waals surface area (Å²) in [5, 5.41) is 11.9. The average molecular weight is 271 g/mol. The Morgan fingerprint density at radius 2 is 2.21 bits per heavy atom. The van der Waals surface area contributed by atoms with Crippen molar-refractivity contribution in [2.45, 2.75) is 52.0 Å². The fourth-order valence-electron chi connectivity index (χ4n) is 2.55. The fourth-order valence-corrected chi connectivity index (χ4v) is 2.55. The van der Waals surface area contributed by atoms with Crippen LogP contribution in [0.25, 0.3) is 0 Å². The van der Waals surface area contributed by atoms with Gasteiger partial charge in [0.25, 0.3) is 0 Å². The molecule has 1 heterocycles. The molecule has 0 aromatic carbocycles. The second kappa shape index (κ2) is 8.15. The quantitative estimate of drug-likeness (QED) is 0.740. The maximum absolute atomic E-state index is 11.9. The molecule has 1 amide bonds. The highest BCUT2D eigenvalue weighted by Gasteiger charge is 2.31. The van der Waals surface area contributed by atoms with Gasteiger partial charge in [0.1, 0.15) is 6.04 Å². The van der Waals surface area contributed by atoms with Gasteiger partial charge in [-0.1, -0.05) is 26.7 Å². The highest BCUT2D eigenvalue weighted by molar-refractivity contribution is 5.83. The van der Waals surface area contributed by atoms with Gasteiger partial charge in [-0.05, 0) is 18.8 Å². The van der Waals surface area contributed by atoms with E-state index in [1.807, 2.05) is 6.92 Å². The van der Waals surface area contributed by atoms with Gasteiger partial charge in [0, 0.05) is 18.9 Å². The topological polar surface area (TPSA) is 75.6 Å². The minimum Gasteiger partial charge on any atom is -0.480 e. The van der Waals surface area contributed by atoms with E-state index in [-0.39, 0.29) is 11.8 Å². The van der Waals surface area contributed by atoms with Crippen molar-refractivity contribution < 1.29 is 19.4 Å². The number of amides is 1. The number of carboxylic acid groups (broad SMARTS) is 1. The van der Waals surface area contributed by atoms with Crippen LogP contribution in [0.3, 0.4) is 0 Å². The number of aliphatic carboxylic acids is 1. The summed E-state index contributed by atoms with van der Waals surface area (Å²) in [6.07, 6.45) is 4.06. The third-order valence-electron chi connectivity index (χ3n) is 3.56.